The molecule has 0 saturated heterocycles. The normalized spacial score (nSPS) is 10.4. The fourth-order valence-electron chi connectivity index (χ4n) is 1.60. The highest BCUT2D eigenvalue weighted by Gasteiger charge is 2.10. The molecule has 0 aromatic carbocycles. The topological polar surface area (TPSA) is 67.1 Å². The molecule has 0 spiro atoms. The Labute approximate surface area is 90.6 Å². The molecule has 0 aliphatic carbocycles. The highest BCUT2D eigenvalue weighted by Crippen LogP contribution is 2.20. The molecule has 0 amide bonds. The average Bonchev–Trinajstić information content (AvgIpc) is 2.97. The minimum Gasteiger partial charge on any atom is -0.463 e. The first kappa shape index (κ1) is 8.68. The predicted octanol–water partition coefficient (Wildman–Crippen LogP) is 1.86. The van der Waals surface area contributed by atoms with E-state index in [2.05, 4.69) is 9.97 Å². The summed E-state index contributed by atoms with van der Waals surface area (Å²) in [6.45, 7) is 0. The van der Waals surface area contributed by atoms with Gasteiger partial charge >= 0.3 is 0 Å². The summed E-state index contributed by atoms with van der Waals surface area (Å²) in [6.07, 6.45) is 4.80. The molecule has 0 aliphatic heterocycles. The van der Waals surface area contributed by atoms with E-state index < -0.39 is 0 Å². The van der Waals surface area contributed by atoms with E-state index in [1.165, 1.54) is 0 Å². The molecule has 5 heteroatoms. The van der Waals surface area contributed by atoms with Crippen molar-refractivity contribution < 1.29 is 4.42 Å². The first-order chi connectivity index (χ1) is 7.90. The van der Waals surface area contributed by atoms with Crippen molar-refractivity contribution in [2.45, 2.75) is 0 Å². The van der Waals surface area contributed by atoms with Gasteiger partial charge in [0.25, 0.3) is 0 Å². The monoisotopic (exact) mass is 210 g/mol. The number of nitrogens with zero attached hydrogens (tertiary/aromatic N) is 4. The van der Waals surface area contributed by atoms with E-state index in [9.17, 15) is 0 Å². The van der Waals surface area contributed by atoms with Gasteiger partial charge < -0.3 is 4.42 Å². The molecule has 0 unspecified atom stereocenters. The Bertz CT molecular complexity index is 676. The van der Waals surface area contributed by atoms with Gasteiger partial charge in [-0.05, 0) is 18.2 Å². The minimum atomic E-state index is 0.313. The molecule has 0 saturated carbocycles. The summed E-state index contributed by atoms with van der Waals surface area (Å²) in [7, 11) is 0. The largest absolute Gasteiger partial charge is 0.463 e. The zero-order valence-electron chi connectivity index (χ0n) is 8.16. The summed E-state index contributed by atoms with van der Waals surface area (Å²) < 4.78 is 7.04. The molecule has 16 heavy (non-hydrogen) atoms. The van der Waals surface area contributed by atoms with Gasteiger partial charge in [-0.15, -0.1) is 0 Å². The van der Waals surface area contributed by atoms with E-state index in [0.717, 1.165) is 5.69 Å². The van der Waals surface area contributed by atoms with Gasteiger partial charge in [0.15, 0.2) is 17.1 Å². The number of imidazole rings is 1. The quantitative estimate of drug-likeness (QED) is 0.614. The third-order valence-electron chi connectivity index (χ3n) is 2.31. The second-order valence-electron chi connectivity index (χ2n) is 3.21. The zero-order chi connectivity index (χ0) is 11.0. The minimum absolute atomic E-state index is 0.313. The number of rotatable bonds is 1. The Morgan fingerprint density at radius 3 is 3.00 bits per heavy atom. The number of hydrogen-bond acceptors (Lipinski definition) is 4. The number of furan rings is 1. The van der Waals surface area contributed by atoms with Gasteiger partial charge in [0.2, 0.25) is 0 Å². The maximum Gasteiger partial charge on any atom is 0.185 e. The molecule has 3 heterocycles. The number of hydrogen-bond donors (Lipinski definition) is 0. The lowest BCUT2D eigenvalue weighted by Crippen LogP contribution is -1.91. The lowest BCUT2D eigenvalue weighted by Gasteiger charge is -2.00. The molecule has 0 radical (unpaired) electrons. The van der Waals surface area contributed by atoms with Crippen molar-refractivity contribution in [3.05, 3.63) is 42.7 Å². The Hall–Kier alpha value is -2.61. The van der Waals surface area contributed by atoms with Gasteiger partial charge in [-0.1, -0.05) is 0 Å². The Kier molecular flexibility index (Phi) is 1.74. The molecule has 0 fully saturated rings. The molecule has 5 nitrogen and oxygen atoms in total. The van der Waals surface area contributed by atoms with Crippen LogP contribution < -0.4 is 0 Å². The van der Waals surface area contributed by atoms with Crippen LogP contribution in [0.4, 0.5) is 0 Å². The second kappa shape index (κ2) is 3.21. The molecule has 76 valence electrons. The van der Waals surface area contributed by atoms with Crippen LogP contribution in [0, 0.1) is 11.3 Å². The lowest BCUT2D eigenvalue weighted by atomic mass is 10.3. The van der Waals surface area contributed by atoms with Gasteiger partial charge in [0.1, 0.15) is 12.4 Å². The number of nitriles is 1. The molecule has 3 aromatic rings. The first-order valence-electron chi connectivity index (χ1n) is 4.66. The number of aromatic nitrogens is 3. The zero-order valence-corrected chi connectivity index (χ0v) is 8.16. The van der Waals surface area contributed by atoms with Crippen molar-refractivity contribution in [1.29, 1.82) is 5.26 Å². The maximum absolute atomic E-state index is 8.86. The van der Waals surface area contributed by atoms with E-state index in [1.807, 2.05) is 24.3 Å². The fraction of sp³-hybridized carbons (Fsp3) is 0. The third kappa shape index (κ3) is 1.10. The van der Waals surface area contributed by atoms with E-state index in [1.54, 1.807) is 23.2 Å². The van der Waals surface area contributed by atoms with Crippen LogP contribution >= 0.6 is 0 Å². The van der Waals surface area contributed by atoms with Crippen LogP contribution in [-0.2, 0) is 0 Å². The first-order valence-corrected chi connectivity index (χ1v) is 4.66. The van der Waals surface area contributed by atoms with Crippen LogP contribution in [0.3, 0.4) is 0 Å². The Morgan fingerprint density at radius 2 is 2.25 bits per heavy atom. The van der Waals surface area contributed by atoms with E-state index >= 15 is 0 Å². The van der Waals surface area contributed by atoms with Crippen molar-refractivity contribution >= 4 is 5.65 Å². The summed E-state index contributed by atoms with van der Waals surface area (Å²) >= 11 is 0. The van der Waals surface area contributed by atoms with Crippen LogP contribution in [-0.4, -0.2) is 14.4 Å². The summed E-state index contributed by atoms with van der Waals surface area (Å²) in [6, 6.07) is 7.47. The molecule has 3 aromatic heterocycles. The van der Waals surface area contributed by atoms with Gasteiger partial charge in [-0.25, -0.2) is 9.97 Å². The summed E-state index contributed by atoms with van der Waals surface area (Å²) in [4.78, 5) is 8.10. The highest BCUT2D eigenvalue weighted by molar-refractivity contribution is 5.61. The molecular weight excluding hydrogens is 204 g/mol. The van der Waals surface area contributed by atoms with Crippen LogP contribution in [0.15, 0.2) is 41.4 Å². The molecule has 0 atom stereocenters. The second-order valence-corrected chi connectivity index (χ2v) is 3.21. The van der Waals surface area contributed by atoms with Crippen LogP contribution in [0.25, 0.3) is 17.1 Å². The van der Waals surface area contributed by atoms with Crippen molar-refractivity contribution in [1.82, 2.24) is 14.4 Å². The fourth-order valence-corrected chi connectivity index (χ4v) is 1.60. The Morgan fingerprint density at radius 1 is 1.31 bits per heavy atom. The lowest BCUT2D eigenvalue weighted by molar-refractivity contribution is 0.579. The smallest absolute Gasteiger partial charge is 0.185 e. The summed E-state index contributed by atoms with van der Waals surface area (Å²) in [5.41, 5.74) is 1.67. The highest BCUT2D eigenvalue weighted by atomic mass is 16.3. The van der Waals surface area contributed by atoms with Gasteiger partial charge in [0, 0.05) is 6.20 Å². The standard InChI is InChI=1S/C11H6N4O/c12-6-8-11-13-4-3-9(15(11)7-14-8)10-2-1-5-16-10/h1-5,7H. The summed E-state index contributed by atoms with van der Waals surface area (Å²) in [5.74, 6) is 0.717. The molecular formula is C11H6N4O. The van der Waals surface area contributed by atoms with Gasteiger partial charge in [-0.2, -0.15) is 5.26 Å². The van der Waals surface area contributed by atoms with Crippen molar-refractivity contribution in [3.8, 4) is 17.5 Å². The van der Waals surface area contributed by atoms with E-state index in [-0.39, 0.29) is 0 Å². The summed E-state index contributed by atoms with van der Waals surface area (Å²) in [5, 5.41) is 8.86. The average molecular weight is 210 g/mol. The van der Waals surface area contributed by atoms with E-state index in [0.29, 0.717) is 17.1 Å². The van der Waals surface area contributed by atoms with Crippen LogP contribution in [0.1, 0.15) is 5.69 Å². The maximum atomic E-state index is 8.86. The molecule has 0 N–H and O–H groups in total. The van der Waals surface area contributed by atoms with Crippen molar-refractivity contribution in [2.24, 2.45) is 0 Å². The van der Waals surface area contributed by atoms with Gasteiger partial charge in [0.05, 0.1) is 12.0 Å². The molecule has 3 rings (SSSR count). The SMILES string of the molecule is N#Cc1ncn2c(-c3ccco3)ccnc12. The molecule has 0 aliphatic rings. The molecule has 0 bridgehead atoms. The number of fused-ring (bicyclic) bond motifs is 1. The third-order valence-corrected chi connectivity index (χ3v) is 2.31. The van der Waals surface area contributed by atoms with Crippen molar-refractivity contribution in [2.75, 3.05) is 0 Å². The van der Waals surface area contributed by atoms with Crippen LogP contribution in [0.5, 0.6) is 0 Å². The predicted molar refractivity (Wildman–Crippen MR) is 55.4 cm³/mol. The van der Waals surface area contributed by atoms with Crippen LogP contribution in [0.2, 0.25) is 0 Å². The van der Waals surface area contributed by atoms with Gasteiger partial charge in [-0.3, -0.25) is 4.40 Å². The van der Waals surface area contributed by atoms with Crippen molar-refractivity contribution in [3.63, 3.8) is 0 Å². The Balaban J connectivity index is 2.36. The van der Waals surface area contributed by atoms with E-state index in [4.69, 9.17) is 9.68 Å².